The Balaban J connectivity index is 1.90. The number of carbonyl (C=O) groups excluding carboxylic acids is 1. The maximum absolute atomic E-state index is 11.4. The van der Waals surface area contributed by atoms with Crippen LogP contribution in [-0.2, 0) is 4.79 Å². The van der Waals surface area contributed by atoms with Crippen molar-refractivity contribution in [3.05, 3.63) is 0 Å². The second-order valence-corrected chi connectivity index (χ2v) is 5.83. The van der Waals surface area contributed by atoms with Crippen LogP contribution in [0.2, 0.25) is 0 Å². The molecule has 1 saturated carbocycles. The molecule has 0 spiro atoms. The minimum atomic E-state index is 0.199. The fourth-order valence-corrected chi connectivity index (χ4v) is 2.28. The Bertz CT molecular complexity index is 207. The molecule has 0 aromatic heterocycles. The predicted octanol–water partition coefficient (Wildman–Crippen LogP) is 1.78. The molecule has 4 heteroatoms. The van der Waals surface area contributed by atoms with E-state index in [0.717, 1.165) is 6.54 Å². The van der Waals surface area contributed by atoms with Gasteiger partial charge in [0.05, 0.1) is 0 Å². The van der Waals surface area contributed by atoms with Gasteiger partial charge >= 0.3 is 0 Å². The summed E-state index contributed by atoms with van der Waals surface area (Å²) in [6, 6.07) is 1.01. The zero-order valence-corrected chi connectivity index (χ0v) is 11.2. The summed E-state index contributed by atoms with van der Waals surface area (Å²) < 4.78 is 0. The van der Waals surface area contributed by atoms with E-state index < -0.39 is 0 Å². The Kier molecular flexibility index (Phi) is 6.88. The first-order valence-electron chi connectivity index (χ1n) is 6.33. The summed E-state index contributed by atoms with van der Waals surface area (Å²) >= 11 is 1.97. The molecule has 0 aromatic carbocycles. The molecule has 1 fully saturated rings. The van der Waals surface area contributed by atoms with Crippen molar-refractivity contribution in [2.75, 3.05) is 18.1 Å². The number of hydrogen-bond donors (Lipinski definition) is 2. The van der Waals surface area contributed by atoms with Crippen LogP contribution in [0.4, 0.5) is 0 Å². The Labute approximate surface area is 103 Å². The van der Waals surface area contributed by atoms with Crippen molar-refractivity contribution in [1.29, 1.82) is 0 Å². The Morgan fingerprint density at radius 2 is 2.25 bits per heavy atom. The quantitative estimate of drug-likeness (QED) is 0.607. The molecule has 2 N–H and O–H groups in total. The van der Waals surface area contributed by atoms with Crippen LogP contribution in [0, 0.1) is 0 Å². The third kappa shape index (κ3) is 7.12. The molecule has 1 aliphatic rings. The zero-order valence-electron chi connectivity index (χ0n) is 10.4. The SMILES string of the molecule is CCSCCC(C)NCCC(=O)NC1CC1. The van der Waals surface area contributed by atoms with E-state index in [-0.39, 0.29) is 5.91 Å². The van der Waals surface area contributed by atoms with E-state index in [9.17, 15) is 4.79 Å². The number of hydrogen-bond acceptors (Lipinski definition) is 3. The van der Waals surface area contributed by atoms with Gasteiger partial charge in [0.25, 0.3) is 0 Å². The highest BCUT2D eigenvalue weighted by atomic mass is 32.2. The number of amides is 1. The second kappa shape index (κ2) is 7.96. The van der Waals surface area contributed by atoms with E-state index in [0.29, 0.717) is 18.5 Å². The monoisotopic (exact) mass is 244 g/mol. The van der Waals surface area contributed by atoms with Crippen molar-refractivity contribution < 1.29 is 4.79 Å². The number of nitrogens with one attached hydrogen (secondary N) is 2. The van der Waals surface area contributed by atoms with E-state index >= 15 is 0 Å². The largest absolute Gasteiger partial charge is 0.353 e. The molecule has 0 aromatic rings. The van der Waals surface area contributed by atoms with Crippen LogP contribution in [0.5, 0.6) is 0 Å². The molecule has 94 valence electrons. The van der Waals surface area contributed by atoms with Crippen molar-refractivity contribution in [2.45, 2.75) is 51.6 Å². The van der Waals surface area contributed by atoms with E-state index in [1.165, 1.54) is 30.8 Å². The highest BCUT2D eigenvalue weighted by Crippen LogP contribution is 2.18. The molecule has 0 saturated heterocycles. The van der Waals surface area contributed by atoms with Gasteiger partial charge in [-0.25, -0.2) is 0 Å². The first kappa shape index (κ1) is 13.8. The van der Waals surface area contributed by atoms with Crippen LogP contribution in [-0.4, -0.2) is 36.0 Å². The summed E-state index contributed by atoms with van der Waals surface area (Å²) in [7, 11) is 0. The fraction of sp³-hybridized carbons (Fsp3) is 0.917. The second-order valence-electron chi connectivity index (χ2n) is 4.43. The molecule has 1 amide bonds. The summed E-state index contributed by atoms with van der Waals surface area (Å²) in [4.78, 5) is 11.4. The van der Waals surface area contributed by atoms with Gasteiger partial charge in [-0.3, -0.25) is 4.79 Å². The Morgan fingerprint density at radius 3 is 2.88 bits per heavy atom. The third-order valence-electron chi connectivity index (χ3n) is 2.69. The first-order valence-corrected chi connectivity index (χ1v) is 7.48. The highest BCUT2D eigenvalue weighted by molar-refractivity contribution is 7.99. The van der Waals surface area contributed by atoms with E-state index in [1.807, 2.05) is 11.8 Å². The van der Waals surface area contributed by atoms with Gasteiger partial charge in [-0.05, 0) is 37.7 Å². The van der Waals surface area contributed by atoms with Crippen LogP contribution in [0.1, 0.15) is 39.5 Å². The molecular weight excluding hydrogens is 220 g/mol. The highest BCUT2D eigenvalue weighted by Gasteiger charge is 2.22. The smallest absolute Gasteiger partial charge is 0.221 e. The number of thioether (sulfide) groups is 1. The van der Waals surface area contributed by atoms with Crippen LogP contribution < -0.4 is 10.6 Å². The molecule has 0 bridgehead atoms. The van der Waals surface area contributed by atoms with Gasteiger partial charge in [0.15, 0.2) is 0 Å². The van der Waals surface area contributed by atoms with Gasteiger partial charge < -0.3 is 10.6 Å². The molecule has 1 atom stereocenters. The van der Waals surface area contributed by atoms with Crippen molar-refractivity contribution in [3.63, 3.8) is 0 Å². The minimum absolute atomic E-state index is 0.199. The van der Waals surface area contributed by atoms with Crippen molar-refractivity contribution in [2.24, 2.45) is 0 Å². The summed E-state index contributed by atoms with van der Waals surface area (Å²) in [6.45, 7) is 5.18. The molecule has 0 heterocycles. The van der Waals surface area contributed by atoms with Gasteiger partial charge in [-0.2, -0.15) is 11.8 Å². The average Bonchev–Trinajstić information content (AvgIpc) is 3.02. The molecule has 1 unspecified atom stereocenters. The lowest BCUT2D eigenvalue weighted by molar-refractivity contribution is -0.121. The summed E-state index contributed by atoms with van der Waals surface area (Å²) in [5.41, 5.74) is 0. The normalized spacial score (nSPS) is 17.1. The predicted molar refractivity (Wildman–Crippen MR) is 70.9 cm³/mol. The average molecular weight is 244 g/mol. The summed E-state index contributed by atoms with van der Waals surface area (Å²) in [5.74, 6) is 2.60. The van der Waals surface area contributed by atoms with E-state index in [4.69, 9.17) is 0 Å². The van der Waals surface area contributed by atoms with Crippen molar-refractivity contribution >= 4 is 17.7 Å². The van der Waals surface area contributed by atoms with Crippen LogP contribution in [0.3, 0.4) is 0 Å². The van der Waals surface area contributed by atoms with Crippen molar-refractivity contribution in [3.8, 4) is 0 Å². The summed E-state index contributed by atoms with van der Waals surface area (Å²) in [6.07, 6.45) is 4.14. The van der Waals surface area contributed by atoms with Gasteiger partial charge in [-0.1, -0.05) is 6.92 Å². The van der Waals surface area contributed by atoms with Gasteiger partial charge in [-0.15, -0.1) is 0 Å². The van der Waals surface area contributed by atoms with Crippen LogP contribution >= 0.6 is 11.8 Å². The van der Waals surface area contributed by atoms with Gasteiger partial charge in [0, 0.05) is 25.0 Å². The first-order chi connectivity index (χ1) is 7.72. The maximum Gasteiger partial charge on any atom is 0.221 e. The lowest BCUT2D eigenvalue weighted by Gasteiger charge is -2.13. The van der Waals surface area contributed by atoms with Crippen LogP contribution in [0.25, 0.3) is 0 Å². The molecular formula is C12H24N2OS. The number of rotatable bonds is 9. The zero-order chi connectivity index (χ0) is 11.8. The summed E-state index contributed by atoms with van der Waals surface area (Å²) in [5, 5.41) is 6.39. The van der Waals surface area contributed by atoms with E-state index in [2.05, 4.69) is 24.5 Å². The van der Waals surface area contributed by atoms with Gasteiger partial charge in [0.2, 0.25) is 5.91 Å². The van der Waals surface area contributed by atoms with E-state index in [1.54, 1.807) is 0 Å². The topological polar surface area (TPSA) is 41.1 Å². The third-order valence-corrected chi connectivity index (χ3v) is 3.62. The molecule has 1 aliphatic carbocycles. The molecule has 3 nitrogen and oxygen atoms in total. The Morgan fingerprint density at radius 1 is 1.50 bits per heavy atom. The number of carbonyl (C=O) groups is 1. The molecule has 1 rings (SSSR count). The lowest BCUT2D eigenvalue weighted by Crippen LogP contribution is -2.33. The standard InChI is InChI=1S/C12H24N2OS/c1-3-16-9-7-10(2)13-8-6-12(15)14-11-4-5-11/h10-11,13H,3-9H2,1-2H3,(H,14,15). The van der Waals surface area contributed by atoms with Gasteiger partial charge in [0.1, 0.15) is 0 Å². The maximum atomic E-state index is 11.4. The fourth-order valence-electron chi connectivity index (χ4n) is 1.47. The van der Waals surface area contributed by atoms with Crippen molar-refractivity contribution in [1.82, 2.24) is 10.6 Å². The Hall–Kier alpha value is -0.220. The molecule has 0 radical (unpaired) electrons. The molecule has 0 aliphatic heterocycles. The van der Waals surface area contributed by atoms with Crippen LogP contribution in [0.15, 0.2) is 0 Å². The minimum Gasteiger partial charge on any atom is -0.353 e. The molecule has 16 heavy (non-hydrogen) atoms. The lowest BCUT2D eigenvalue weighted by atomic mass is 10.2.